The maximum Gasteiger partial charge on any atom is 0.330 e. The van der Waals surface area contributed by atoms with Crippen LogP contribution in [0.15, 0.2) is 36.5 Å². The van der Waals surface area contributed by atoms with Crippen LogP contribution in [-0.4, -0.2) is 33.2 Å². The van der Waals surface area contributed by atoms with E-state index in [1.54, 1.807) is 0 Å². The van der Waals surface area contributed by atoms with Gasteiger partial charge in [-0.2, -0.15) is 0 Å². The van der Waals surface area contributed by atoms with Gasteiger partial charge in [-0.25, -0.2) is 14.4 Å². The molecular weight excluding hydrogens is 292 g/mol. The maximum absolute atomic E-state index is 9.60. The van der Waals surface area contributed by atoms with Crippen molar-refractivity contribution in [2.24, 2.45) is 0 Å². The van der Waals surface area contributed by atoms with Crippen molar-refractivity contribution in [1.29, 1.82) is 0 Å². The van der Waals surface area contributed by atoms with Crippen molar-refractivity contribution in [3.05, 3.63) is 36.5 Å². The number of aliphatic carboxylic acids is 3. The molecule has 0 saturated carbocycles. The molecule has 3 N–H and O–H groups in total. The molecule has 0 bridgehead atoms. The van der Waals surface area contributed by atoms with Crippen molar-refractivity contribution in [2.75, 3.05) is 0 Å². The standard InChI is InChI=1S/3C4H6O2.Cr/c3*1-3(2)4(5)6;/h3*1H2,2H3,(H,5,6);. The topological polar surface area (TPSA) is 112 Å². The van der Waals surface area contributed by atoms with E-state index in [9.17, 15) is 14.4 Å². The van der Waals surface area contributed by atoms with E-state index >= 15 is 0 Å². The van der Waals surface area contributed by atoms with Gasteiger partial charge < -0.3 is 15.3 Å². The zero-order chi connectivity index (χ0) is 15.5. The summed E-state index contributed by atoms with van der Waals surface area (Å²) in [5.74, 6) is -2.81. The third kappa shape index (κ3) is 31.4. The third-order valence-electron chi connectivity index (χ3n) is 1.10. The second-order valence-corrected chi connectivity index (χ2v) is 3.26. The first kappa shape index (κ1) is 25.9. The van der Waals surface area contributed by atoms with E-state index in [-0.39, 0.29) is 34.1 Å². The molecular formula is C12H18CrO6. The molecule has 19 heavy (non-hydrogen) atoms. The van der Waals surface area contributed by atoms with E-state index in [2.05, 4.69) is 19.7 Å². The summed E-state index contributed by atoms with van der Waals surface area (Å²) < 4.78 is 0. The Balaban J connectivity index is -0.0000000865. The van der Waals surface area contributed by atoms with Crippen LogP contribution in [0, 0.1) is 0 Å². The van der Waals surface area contributed by atoms with Gasteiger partial charge in [-0.15, -0.1) is 0 Å². The zero-order valence-corrected chi connectivity index (χ0v) is 12.4. The molecule has 0 aromatic carbocycles. The summed E-state index contributed by atoms with van der Waals surface area (Å²) in [6, 6.07) is 0. The first-order valence-electron chi connectivity index (χ1n) is 4.59. The Morgan fingerprint density at radius 3 is 0.684 bits per heavy atom. The van der Waals surface area contributed by atoms with Crippen LogP contribution < -0.4 is 0 Å². The fraction of sp³-hybridized carbons (Fsp3) is 0.250. The second-order valence-electron chi connectivity index (χ2n) is 3.26. The van der Waals surface area contributed by atoms with Crippen molar-refractivity contribution >= 4 is 17.9 Å². The molecule has 0 unspecified atom stereocenters. The summed E-state index contributed by atoms with van der Waals surface area (Å²) in [7, 11) is 0. The quantitative estimate of drug-likeness (QED) is 0.687. The van der Waals surface area contributed by atoms with Crippen LogP contribution in [0.3, 0.4) is 0 Å². The number of rotatable bonds is 3. The van der Waals surface area contributed by atoms with Crippen LogP contribution in [0.25, 0.3) is 0 Å². The van der Waals surface area contributed by atoms with Gasteiger partial charge in [0.25, 0.3) is 0 Å². The van der Waals surface area contributed by atoms with Crippen LogP contribution in [0.1, 0.15) is 20.8 Å². The van der Waals surface area contributed by atoms with Crippen molar-refractivity contribution in [1.82, 2.24) is 0 Å². The SMILES string of the molecule is C=C(C)C(=O)O.C=C(C)C(=O)O.C=C(C)C(=O)O.[Cr]. The van der Waals surface area contributed by atoms with Crippen LogP contribution in [0.4, 0.5) is 0 Å². The number of hydrogen-bond acceptors (Lipinski definition) is 3. The van der Waals surface area contributed by atoms with Gasteiger partial charge in [0.2, 0.25) is 0 Å². The van der Waals surface area contributed by atoms with E-state index in [0.717, 1.165) is 0 Å². The molecule has 0 rings (SSSR count). The summed E-state index contributed by atoms with van der Waals surface area (Å²) in [4.78, 5) is 28.8. The Morgan fingerprint density at radius 2 is 0.684 bits per heavy atom. The average Bonchev–Trinajstić information content (AvgIpc) is 2.18. The van der Waals surface area contributed by atoms with Gasteiger partial charge in [-0.1, -0.05) is 19.7 Å². The van der Waals surface area contributed by atoms with Gasteiger partial charge in [0.15, 0.2) is 0 Å². The fourth-order valence-electron chi connectivity index (χ4n) is 0. The summed E-state index contributed by atoms with van der Waals surface area (Å²) >= 11 is 0. The van der Waals surface area contributed by atoms with Crippen molar-refractivity contribution < 1.29 is 47.1 Å². The first-order valence-corrected chi connectivity index (χ1v) is 4.59. The molecule has 0 aliphatic carbocycles. The molecule has 0 fully saturated rings. The fourth-order valence-corrected chi connectivity index (χ4v) is 0. The van der Waals surface area contributed by atoms with E-state index in [4.69, 9.17) is 15.3 Å². The molecule has 0 saturated heterocycles. The molecule has 0 aromatic heterocycles. The van der Waals surface area contributed by atoms with Crippen molar-refractivity contribution in [3.8, 4) is 0 Å². The van der Waals surface area contributed by atoms with Gasteiger partial charge in [0.1, 0.15) is 0 Å². The normalized spacial score (nSPS) is 7.11. The first-order chi connectivity index (χ1) is 7.93. The van der Waals surface area contributed by atoms with Gasteiger partial charge in [0.05, 0.1) is 0 Å². The Bertz CT molecular complexity index is 277. The van der Waals surface area contributed by atoms with E-state index in [1.807, 2.05) is 0 Å². The number of carboxylic acids is 3. The number of hydrogen-bond donors (Lipinski definition) is 3. The second kappa shape index (κ2) is 14.2. The Morgan fingerprint density at radius 1 is 0.632 bits per heavy atom. The van der Waals surface area contributed by atoms with E-state index in [0.29, 0.717) is 0 Å². The average molecular weight is 310 g/mol. The van der Waals surface area contributed by atoms with Crippen LogP contribution in [0.2, 0.25) is 0 Å². The third-order valence-corrected chi connectivity index (χ3v) is 1.10. The van der Waals surface area contributed by atoms with Crippen molar-refractivity contribution in [3.63, 3.8) is 0 Å². The molecule has 0 atom stereocenters. The van der Waals surface area contributed by atoms with Crippen LogP contribution >= 0.6 is 0 Å². The Hall–Kier alpha value is -1.84. The smallest absolute Gasteiger partial charge is 0.330 e. The van der Waals surface area contributed by atoms with E-state index < -0.39 is 17.9 Å². The Labute approximate surface area is 122 Å². The Kier molecular flexibility index (Phi) is 19.4. The van der Waals surface area contributed by atoms with Crippen LogP contribution in [0.5, 0.6) is 0 Å². The predicted molar refractivity (Wildman–Crippen MR) is 67.3 cm³/mol. The molecule has 0 spiro atoms. The number of carboxylic acid groups (broad SMARTS) is 3. The summed E-state index contributed by atoms with van der Waals surface area (Å²) in [6.07, 6.45) is 0. The molecule has 0 aliphatic rings. The maximum atomic E-state index is 9.60. The van der Waals surface area contributed by atoms with Gasteiger partial charge in [-0.05, 0) is 20.8 Å². The predicted octanol–water partition coefficient (Wildman–Crippen LogP) is 1.94. The summed E-state index contributed by atoms with van der Waals surface area (Å²) in [5.41, 5.74) is 0.528. The molecule has 0 heterocycles. The van der Waals surface area contributed by atoms with Gasteiger partial charge in [-0.3, -0.25) is 0 Å². The molecule has 0 radical (unpaired) electrons. The minimum absolute atomic E-state index is 0. The molecule has 108 valence electrons. The zero-order valence-electron chi connectivity index (χ0n) is 11.1. The summed E-state index contributed by atoms with van der Waals surface area (Å²) in [6.45, 7) is 13.8. The van der Waals surface area contributed by atoms with Crippen molar-refractivity contribution in [2.45, 2.75) is 20.8 Å². The minimum atomic E-state index is -0.935. The molecule has 0 aromatic rings. The summed E-state index contributed by atoms with van der Waals surface area (Å²) in [5, 5.41) is 23.7. The van der Waals surface area contributed by atoms with Gasteiger partial charge >= 0.3 is 17.9 Å². The van der Waals surface area contributed by atoms with E-state index in [1.165, 1.54) is 20.8 Å². The molecule has 7 heteroatoms. The largest absolute Gasteiger partial charge is 0.478 e. The molecule has 0 amide bonds. The molecule has 6 nitrogen and oxygen atoms in total. The van der Waals surface area contributed by atoms with Gasteiger partial charge in [0, 0.05) is 34.1 Å². The number of carbonyl (C=O) groups is 3. The van der Waals surface area contributed by atoms with Crippen LogP contribution in [-0.2, 0) is 31.7 Å². The monoisotopic (exact) mass is 310 g/mol. The minimum Gasteiger partial charge on any atom is -0.478 e. The molecule has 0 aliphatic heterocycles.